The maximum Gasteiger partial charge on any atom is 0.344 e. The van der Waals surface area contributed by atoms with E-state index in [9.17, 15) is 24.3 Å². The standard InChI is InChI=1S/C11H13NO7S/c1-11(10(17)19-4-7(14)18-2)8(9(15)16)12-5(13)3-6(12)20-11/h6,8H,3-4H2,1-2H3,(H,15,16)/t6-,8+,11+/m1/s1. The topological polar surface area (TPSA) is 110 Å². The van der Waals surface area contributed by atoms with Crippen LogP contribution in [0.2, 0.25) is 0 Å². The number of carbonyl (C=O) groups excluding carboxylic acids is 3. The molecule has 0 saturated carbocycles. The van der Waals surface area contributed by atoms with Gasteiger partial charge in [-0.3, -0.25) is 9.59 Å². The second kappa shape index (κ2) is 4.97. The van der Waals surface area contributed by atoms with Gasteiger partial charge >= 0.3 is 17.9 Å². The molecule has 0 aromatic carbocycles. The van der Waals surface area contributed by atoms with E-state index in [1.54, 1.807) is 0 Å². The van der Waals surface area contributed by atoms with Gasteiger partial charge in [0.25, 0.3) is 0 Å². The van der Waals surface area contributed by atoms with E-state index in [1.165, 1.54) is 11.8 Å². The minimum absolute atomic E-state index is 0.203. The molecule has 1 amide bonds. The lowest BCUT2D eigenvalue weighted by molar-refractivity contribution is -0.165. The number of nitrogens with zero attached hydrogens (tertiary/aromatic N) is 1. The molecule has 2 aliphatic heterocycles. The predicted octanol–water partition coefficient (Wildman–Crippen LogP) is -0.780. The minimum Gasteiger partial charge on any atom is -0.480 e. The molecular weight excluding hydrogens is 290 g/mol. The van der Waals surface area contributed by atoms with Gasteiger partial charge in [-0.25, -0.2) is 9.59 Å². The maximum atomic E-state index is 12.1. The van der Waals surface area contributed by atoms with Gasteiger partial charge in [0.15, 0.2) is 12.6 Å². The van der Waals surface area contributed by atoms with E-state index >= 15 is 0 Å². The van der Waals surface area contributed by atoms with E-state index in [-0.39, 0.29) is 17.7 Å². The number of β-lactam (4-membered cyclic amide) rings is 1. The highest BCUT2D eigenvalue weighted by Crippen LogP contribution is 2.51. The number of rotatable bonds is 4. The van der Waals surface area contributed by atoms with Gasteiger partial charge in [0, 0.05) is 0 Å². The van der Waals surface area contributed by atoms with Gasteiger partial charge in [0.1, 0.15) is 4.75 Å². The van der Waals surface area contributed by atoms with Gasteiger partial charge in [-0.2, -0.15) is 0 Å². The Balaban J connectivity index is 2.15. The number of carboxylic acid groups (broad SMARTS) is 1. The van der Waals surface area contributed by atoms with E-state index in [1.807, 2.05) is 0 Å². The summed E-state index contributed by atoms with van der Waals surface area (Å²) >= 11 is 1.07. The third-order valence-corrected chi connectivity index (χ3v) is 4.86. The molecule has 0 bridgehead atoms. The summed E-state index contributed by atoms with van der Waals surface area (Å²) < 4.78 is 7.69. The summed E-state index contributed by atoms with van der Waals surface area (Å²) in [5.41, 5.74) is 0. The number of hydrogen-bond acceptors (Lipinski definition) is 7. The fourth-order valence-electron chi connectivity index (χ4n) is 2.26. The molecule has 0 aromatic heterocycles. The van der Waals surface area contributed by atoms with Crippen LogP contribution >= 0.6 is 11.8 Å². The SMILES string of the molecule is COC(=O)COC(=O)[C@@]1(C)S[C@@H]2CC(=O)N2[C@H]1C(=O)O. The summed E-state index contributed by atoms with van der Waals surface area (Å²) in [5.74, 6) is -3.16. The lowest BCUT2D eigenvalue weighted by atomic mass is 9.96. The molecule has 110 valence electrons. The minimum atomic E-state index is -1.43. The average Bonchev–Trinajstić information content (AvgIpc) is 2.64. The normalized spacial score (nSPS) is 31.3. The molecule has 9 heteroatoms. The lowest BCUT2D eigenvalue weighted by Gasteiger charge is -2.36. The Labute approximate surface area is 118 Å². The number of fused-ring (bicyclic) bond motifs is 1. The van der Waals surface area contributed by atoms with Crippen molar-refractivity contribution < 1.29 is 33.8 Å². The first-order valence-corrected chi connectivity index (χ1v) is 6.65. The highest BCUT2D eigenvalue weighted by Gasteiger charge is 2.64. The molecule has 2 fully saturated rings. The second-order valence-corrected chi connectivity index (χ2v) is 6.21. The van der Waals surface area contributed by atoms with E-state index < -0.39 is 35.3 Å². The van der Waals surface area contributed by atoms with Crippen molar-refractivity contribution in [2.75, 3.05) is 13.7 Å². The van der Waals surface area contributed by atoms with Gasteiger partial charge in [0.05, 0.1) is 18.9 Å². The molecule has 0 radical (unpaired) electrons. The van der Waals surface area contributed by atoms with Crippen LogP contribution in [0.25, 0.3) is 0 Å². The third-order valence-electron chi connectivity index (χ3n) is 3.32. The van der Waals surface area contributed by atoms with Gasteiger partial charge < -0.3 is 19.5 Å². The Bertz CT molecular complexity index is 493. The molecule has 0 aromatic rings. The van der Waals surface area contributed by atoms with Crippen LogP contribution in [0.3, 0.4) is 0 Å². The number of hydrogen-bond donors (Lipinski definition) is 1. The summed E-state index contributed by atoms with van der Waals surface area (Å²) in [6, 6.07) is -1.29. The quantitative estimate of drug-likeness (QED) is 0.532. The summed E-state index contributed by atoms with van der Waals surface area (Å²) in [6.07, 6.45) is 0.203. The third kappa shape index (κ3) is 2.11. The van der Waals surface area contributed by atoms with Crippen molar-refractivity contribution in [3.05, 3.63) is 0 Å². The van der Waals surface area contributed by atoms with Crippen molar-refractivity contribution >= 4 is 35.6 Å². The number of carbonyl (C=O) groups is 4. The summed E-state index contributed by atoms with van der Waals surface area (Å²) in [6.45, 7) is 0.818. The van der Waals surface area contributed by atoms with Crippen LogP contribution in [-0.4, -0.2) is 63.7 Å². The summed E-state index contributed by atoms with van der Waals surface area (Å²) in [7, 11) is 1.15. The molecule has 2 saturated heterocycles. The maximum absolute atomic E-state index is 12.1. The molecule has 0 unspecified atom stereocenters. The highest BCUT2D eigenvalue weighted by atomic mass is 32.2. The molecule has 20 heavy (non-hydrogen) atoms. The van der Waals surface area contributed by atoms with Gasteiger partial charge in [-0.05, 0) is 6.92 Å². The van der Waals surface area contributed by atoms with Crippen LogP contribution in [-0.2, 0) is 28.7 Å². The van der Waals surface area contributed by atoms with Crippen LogP contribution < -0.4 is 0 Å². The average molecular weight is 303 g/mol. The van der Waals surface area contributed by atoms with Crippen molar-refractivity contribution in [2.45, 2.75) is 29.5 Å². The summed E-state index contributed by atoms with van der Waals surface area (Å²) in [4.78, 5) is 47.0. The Kier molecular flexibility index (Phi) is 3.63. The number of aliphatic carboxylic acids is 1. The summed E-state index contributed by atoms with van der Waals surface area (Å²) in [5, 5.41) is 8.92. The van der Waals surface area contributed by atoms with Crippen LogP contribution in [0.5, 0.6) is 0 Å². The first-order chi connectivity index (χ1) is 9.31. The largest absolute Gasteiger partial charge is 0.480 e. The molecule has 8 nitrogen and oxygen atoms in total. The Hall–Kier alpha value is -1.77. The molecule has 0 spiro atoms. The van der Waals surface area contributed by atoms with Gasteiger partial charge in [0.2, 0.25) is 5.91 Å². The molecule has 2 heterocycles. The van der Waals surface area contributed by atoms with Crippen molar-refractivity contribution in [2.24, 2.45) is 0 Å². The van der Waals surface area contributed by atoms with E-state index in [0.717, 1.165) is 18.9 Å². The van der Waals surface area contributed by atoms with Gasteiger partial charge in [-0.15, -0.1) is 11.8 Å². The predicted molar refractivity (Wildman–Crippen MR) is 65.6 cm³/mol. The highest BCUT2D eigenvalue weighted by molar-refractivity contribution is 8.02. The number of amides is 1. The molecule has 2 aliphatic rings. The van der Waals surface area contributed by atoms with Gasteiger partial charge in [-0.1, -0.05) is 0 Å². The molecule has 2 rings (SSSR count). The van der Waals surface area contributed by atoms with Crippen molar-refractivity contribution in [1.29, 1.82) is 0 Å². The fourth-order valence-corrected chi connectivity index (χ4v) is 3.91. The Morgan fingerprint density at radius 3 is 2.65 bits per heavy atom. The first kappa shape index (κ1) is 14.6. The van der Waals surface area contributed by atoms with Crippen LogP contribution in [0.15, 0.2) is 0 Å². The molecule has 3 atom stereocenters. The fraction of sp³-hybridized carbons (Fsp3) is 0.636. The number of thioether (sulfide) groups is 1. The smallest absolute Gasteiger partial charge is 0.344 e. The van der Waals surface area contributed by atoms with Crippen LogP contribution in [0.4, 0.5) is 0 Å². The van der Waals surface area contributed by atoms with E-state index in [0.29, 0.717) is 0 Å². The van der Waals surface area contributed by atoms with E-state index in [2.05, 4.69) is 4.74 Å². The van der Waals surface area contributed by atoms with E-state index in [4.69, 9.17) is 4.74 Å². The lowest BCUT2D eigenvalue weighted by Crippen LogP contribution is -2.59. The van der Waals surface area contributed by atoms with Crippen LogP contribution in [0, 0.1) is 0 Å². The van der Waals surface area contributed by atoms with Crippen molar-refractivity contribution in [1.82, 2.24) is 4.90 Å². The molecule has 0 aliphatic carbocycles. The number of carboxylic acids is 1. The zero-order chi connectivity index (χ0) is 15.1. The van der Waals surface area contributed by atoms with Crippen molar-refractivity contribution in [3.8, 4) is 0 Å². The molecular formula is C11H13NO7S. The first-order valence-electron chi connectivity index (χ1n) is 5.77. The molecule has 1 N–H and O–H groups in total. The van der Waals surface area contributed by atoms with Crippen molar-refractivity contribution in [3.63, 3.8) is 0 Å². The Morgan fingerprint density at radius 2 is 2.15 bits per heavy atom. The second-order valence-electron chi connectivity index (χ2n) is 4.58. The monoisotopic (exact) mass is 303 g/mol. The number of methoxy groups -OCH3 is 1. The number of esters is 2. The zero-order valence-electron chi connectivity index (χ0n) is 10.8. The van der Waals surface area contributed by atoms with Crippen LogP contribution in [0.1, 0.15) is 13.3 Å². The Morgan fingerprint density at radius 1 is 1.50 bits per heavy atom. The number of ether oxygens (including phenoxy) is 2. The zero-order valence-corrected chi connectivity index (χ0v) is 11.6.